The number of thioether (sulfide) groups is 1. The van der Waals surface area contributed by atoms with Crippen molar-refractivity contribution >= 4 is 23.4 Å². The van der Waals surface area contributed by atoms with Crippen LogP contribution < -0.4 is 10.1 Å². The maximum absolute atomic E-state index is 13.6. The van der Waals surface area contributed by atoms with Crippen LogP contribution >= 0.6 is 11.8 Å². The van der Waals surface area contributed by atoms with E-state index in [0.717, 1.165) is 30.0 Å². The second-order valence-corrected chi connectivity index (χ2v) is 7.02. The average Bonchev–Trinajstić information content (AvgIpc) is 3.05. The van der Waals surface area contributed by atoms with Gasteiger partial charge in [-0.3, -0.25) is 4.79 Å². The summed E-state index contributed by atoms with van der Waals surface area (Å²) in [5, 5.41) is 10.9. The number of carbonyl (C=O) groups is 1. The molecule has 1 aromatic heterocycles. The monoisotopic (exact) mass is 422 g/mol. The SMILES string of the molecule is CC(Oc1ccc(F)cc1)c1nnc(SCC(=O)Nc2cc(F)ccc2F)n1C. The average molecular weight is 422 g/mol. The molecule has 29 heavy (non-hydrogen) atoms. The molecule has 0 fully saturated rings. The van der Waals surface area contributed by atoms with Crippen molar-refractivity contribution in [3.63, 3.8) is 0 Å². The van der Waals surface area contributed by atoms with E-state index in [4.69, 9.17) is 4.74 Å². The predicted molar refractivity (Wildman–Crippen MR) is 102 cm³/mol. The lowest BCUT2D eigenvalue weighted by Gasteiger charge is -2.14. The van der Waals surface area contributed by atoms with Crippen molar-refractivity contribution in [2.75, 3.05) is 11.1 Å². The predicted octanol–water partition coefficient (Wildman–Crippen LogP) is 4.10. The van der Waals surface area contributed by atoms with Crippen LogP contribution in [0.1, 0.15) is 18.9 Å². The summed E-state index contributed by atoms with van der Waals surface area (Å²) < 4.78 is 47.2. The Morgan fingerprint density at radius 2 is 1.83 bits per heavy atom. The molecule has 3 aromatic rings. The smallest absolute Gasteiger partial charge is 0.234 e. The molecule has 1 heterocycles. The van der Waals surface area contributed by atoms with E-state index in [-0.39, 0.29) is 17.3 Å². The molecule has 1 N–H and O–H groups in total. The summed E-state index contributed by atoms with van der Waals surface area (Å²) in [6.45, 7) is 1.77. The number of anilines is 1. The van der Waals surface area contributed by atoms with Crippen LogP contribution in [0.5, 0.6) is 5.75 Å². The van der Waals surface area contributed by atoms with Gasteiger partial charge in [-0.05, 0) is 43.3 Å². The summed E-state index contributed by atoms with van der Waals surface area (Å²) in [7, 11) is 1.71. The van der Waals surface area contributed by atoms with Crippen molar-refractivity contribution < 1.29 is 22.7 Å². The second kappa shape index (κ2) is 8.99. The van der Waals surface area contributed by atoms with Crippen molar-refractivity contribution in [3.8, 4) is 5.75 Å². The van der Waals surface area contributed by atoms with Gasteiger partial charge in [-0.1, -0.05) is 11.8 Å². The van der Waals surface area contributed by atoms with Gasteiger partial charge in [0.25, 0.3) is 0 Å². The van der Waals surface area contributed by atoms with Gasteiger partial charge < -0.3 is 14.6 Å². The van der Waals surface area contributed by atoms with E-state index in [2.05, 4.69) is 15.5 Å². The summed E-state index contributed by atoms with van der Waals surface area (Å²) in [6.07, 6.45) is -0.470. The van der Waals surface area contributed by atoms with Gasteiger partial charge in [-0.25, -0.2) is 13.2 Å². The molecular formula is C19H17F3N4O2S. The Hall–Kier alpha value is -3.01. The highest BCUT2D eigenvalue weighted by Crippen LogP contribution is 2.24. The van der Waals surface area contributed by atoms with Crippen LogP contribution in [0.3, 0.4) is 0 Å². The molecule has 6 nitrogen and oxygen atoms in total. The highest BCUT2D eigenvalue weighted by atomic mass is 32.2. The summed E-state index contributed by atoms with van der Waals surface area (Å²) in [4.78, 5) is 12.0. The first-order valence-corrected chi connectivity index (χ1v) is 9.51. The van der Waals surface area contributed by atoms with Gasteiger partial charge in [0.2, 0.25) is 5.91 Å². The molecule has 1 atom stereocenters. The number of rotatable bonds is 7. The third-order valence-corrected chi connectivity index (χ3v) is 4.91. The molecule has 0 radical (unpaired) electrons. The Bertz CT molecular complexity index is 1010. The zero-order chi connectivity index (χ0) is 21.0. The van der Waals surface area contributed by atoms with Gasteiger partial charge in [0, 0.05) is 13.1 Å². The Morgan fingerprint density at radius 1 is 1.14 bits per heavy atom. The molecule has 1 unspecified atom stereocenters. The number of hydrogen-bond acceptors (Lipinski definition) is 5. The molecule has 152 valence electrons. The molecule has 0 aliphatic carbocycles. The van der Waals surface area contributed by atoms with Crippen LogP contribution in [-0.4, -0.2) is 26.4 Å². The first-order chi connectivity index (χ1) is 13.8. The van der Waals surface area contributed by atoms with Gasteiger partial charge in [-0.2, -0.15) is 0 Å². The minimum atomic E-state index is -0.725. The molecule has 2 aromatic carbocycles. The van der Waals surface area contributed by atoms with Gasteiger partial charge in [0.1, 0.15) is 23.2 Å². The maximum atomic E-state index is 13.6. The molecule has 1 amide bonds. The lowest BCUT2D eigenvalue weighted by atomic mass is 10.3. The van der Waals surface area contributed by atoms with E-state index >= 15 is 0 Å². The van der Waals surface area contributed by atoms with Crippen molar-refractivity contribution in [1.29, 1.82) is 0 Å². The van der Waals surface area contributed by atoms with Crippen LogP contribution in [-0.2, 0) is 11.8 Å². The van der Waals surface area contributed by atoms with E-state index in [1.165, 1.54) is 24.3 Å². The quantitative estimate of drug-likeness (QED) is 0.581. The summed E-state index contributed by atoms with van der Waals surface area (Å²) in [5.41, 5.74) is -0.226. The van der Waals surface area contributed by atoms with E-state index < -0.39 is 23.6 Å². The number of benzene rings is 2. The van der Waals surface area contributed by atoms with E-state index in [0.29, 0.717) is 16.7 Å². The number of ether oxygens (including phenoxy) is 1. The van der Waals surface area contributed by atoms with E-state index in [1.807, 2.05) is 0 Å². The molecule has 0 saturated carbocycles. The number of halogens is 3. The van der Waals surface area contributed by atoms with Crippen molar-refractivity contribution in [2.24, 2.45) is 7.05 Å². The summed E-state index contributed by atoms with van der Waals surface area (Å²) in [6, 6.07) is 8.42. The summed E-state index contributed by atoms with van der Waals surface area (Å²) >= 11 is 1.09. The fraction of sp³-hybridized carbons (Fsp3) is 0.211. The molecule has 3 rings (SSSR count). The van der Waals surface area contributed by atoms with Crippen molar-refractivity contribution in [1.82, 2.24) is 14.8 Å². The standard InChI is InChI=1S/C19H17F3N4O2S/c1-11(28-14-6-3-12(20)4-7-14)18-24-25-19(26(18)2)29-10-17(27)23-16-9-13(21)5-8-15(16)22/h3-9,11H,10H2,1-2H3,(H,23,27). The molecule has 10 heteroatoms. The molecule has 0 aliphatic rings. The Labute approximate surface area is 169 Å². The molecule has 0 saturated heterocycles. The fourth-order valence-corrected chi connectivity index (χ4v) is 3.20. The topological polar surface area (TPSA) is 69.0 Å². The highest BCUT2D eigenvalue weighted by molar-refractivity contribution is 7.99. The minimum absolute atomic E-state index is 0.0743. The highest BCUT2D eigenvalue weighted by Gasteiger charge is 2.18. The van der Waals surface area contributed by atoms with Crippen LogP contribution in [0.25, 0.3) is 0 Å². The van der Waals surface area contributed by atoms with Crippen molar-refractivity contribution in [2.45, 2.75) is 18.2 Å². The first-order valence-electron chi connectivity index (χ1n) is 8.52. The van der Waals surface area contributed by atoms with E-state index in [9.17, 15) is 18.0 Å². The Balaban J connectivity index is 1.59. The number of nitrogens with zero attached hydrogens (tertiary/aromatic N) is 3. The summed E-state index contributed by atoms with van der Waals surface area (Å²) in [5.74, 6) is -1.34. The zero-order valence-electron chi connectivity index (χ0n) is 15.5. The maximum Gasteiger partial charge on any atom is 0.234 e. The van der Waals surface area contributed by atoms with E-state index in [1.54, 1.807) is 18.5 Å². The first kappa shape index (κ1) is 20.7. The van der Waals surface area contributed by atoms with Gasteiger partial charge >= 0.3 is 0 Å². The number of amides is 1. The molecule has 0 aliphatic heterocycles. The van der Waals surface area contributed by atoms with Crippen LogP contribution in [0.2, 0.25) is 0 Å². The van der Waals surface area contributed by atoms with Gasteiger partial charge in [0.05, 0.1) is 11.4 Å². The number of nitrogens with one attached hydrogen (secondary N) is 1. The Morgan fingerprint density at radius 3 is 2.55 bits per heavy atom. The van der Waals surface area contributed by atoms with Gasteiger partial charge in [0.15, 0.2) is 17.1 Å². The normalized spacial score (nSPS) is 11.9. The largest absolute Gasteiger partial charge is 0.483 e. The van der Waals surface area contributed by atoms with Gasteiger partial charge in [-0.15, -0.1) is 10.2 Å². The lowest BCUT2D eigenvalue weighted by Crippen LogP contribution is -2.16. The van der Waals surface area contributed by atoms with Crippen molar-refractivity contribution in [3.05, 3.63) is 65.7 Å². The third kappa shape index (κ3) is 5.29. The van der Waals surface area contributed by atoms with Crippen LogP contribution in [0, 0.1) is 17.5 Å². The number of carbonyl (C=O) groups excluding carboxylic acids is 1. The van der Waals surface area contributed by atoms with Crippen LogP contribution in [0.15, 0.2) is 47.6 Å². The van der Waals surface area contributed by atoms with Crippen LogP contribution in [0.4, 0.5) is 18.9 Å². The third-order valence-electron chi connectivity index (χ3n) is 3.89. The fourth-order valence-electron chi connectivity index (χ4n) is 2.49. The second-order valence-electron chi connectivity index (χ2n) is 6.07. The Kier molecular flexibility index (Phi) is 6.42. The molecule has 0 bridgehead atoms. The number of hydrogen-bond donors (Lipinski definition) is 1. The molecule has 0 spiro atoms. The lowest BCUT2D eigenvalue weighted by molar-refractivity contribution is -0.113. The molecular weight excluding hydrogens is 405 g/mol. The number of aromatic nitrogens is 3. The minimum Gasteiger partial charge on any atom is -0.483 e. The zero-order valence-corrected chi connectivity index (χ0v) is 16.3.